The second-order valence-electron chi connectivity index (χ2n) is 6.20. The summed E-state index contributed by atoms with van der Waals surface area (Å²) in [6, 6.07) is 0. The Labute approximate surface area is 137 Å². The standard InChI is InChI=1S/C16H27NO6/c1-7-20-16(21-8-2,23-22-15(4,5)6)9-10-17-13(18)11-12(3)14(17)19/h11H,7-10H2,1-6H3. The van der Waals surface area contributed by atoms with Crippen molar-refractivity contribution in [1.29, 1.82) is 0 Å². The lowest BCUT2D eigenvalue weighted by molar-refractivity contribution is -0.527. The van der Waals surface area contributed by atoms with Crippen LogP contribution in [-0.4, -0.2) is 48.0 Å². The predicted octanol–water partition coefficient (Wildman–Crippen LogP) is 2.17. The van der Waals surface area contributed by atoms with Crippen LogP contribution in [0.5, 0.6) is 0 Å². The van der Waals surface area contributed by atoms with Crippen molar-refractivity contribution in [1.82, 2.24) is 4.90 Å². The number of carbonyl (C=O) groups is 2. The molecule has 0 fully saturated rings. The van der Waals surface area contributed by atoms with Crippen LogP contribution in [0.4, 0.5) is 0 Å². The van der Waals surface area contributed by atoms with Crippen molar-refractivity contribution in [3.05, 3.63) is 11.6 Å². The van der Waals surface area contributed by atoms with Crippen LogP contribution in [0.3, 0.4) is 0 Å². The molecule has 0 aliphatic carbocycles. The Morgan fingerprint density at radius 2 is 1.61 bits per heavy atom. The van der Waals surface area contributed by atoms with Crippen molar-refractivity contribution in [2.75, 3.05) is 19.8 Å². The summed E-state index contributed by atoms with van der Waals surface area (Å²) < 4.78 is 11.2. The van der Waals surface area contributed by atoms with Gasteiger partial charge in [-0.2, -0.15) is 4.89 Å². The van der Waals surface area contributed by atoms with Gasteiger partial charge >= 0.3 is 5.97 Å². The lowest BCUT2D eigenvalue weighted by Gasteiger charge is -2.34. The van der Waals surface area contributed by atoms with Crippen LogP contribution in [0.1, 0.15) is 48.0 Å². The van der Waals surface area contributed by atoms with E-state index in [9.17, 15) is 9.59 Å². The molecule has 7 heteroatoms. The highest BCUT2D eigenvalue weighted by atomic mass is 17.3. The largest absolute Gasteiger partial charge is 0.326 e. The minimum absolute atomic E-state index is 0.110. The first-order chi connectivity index (χ1) is 10.6. The van der Waals surface area contributed by atoms with Gasteiger partial charge in [0.2, 0.25) is 0 Å². The lowest BCUT2D eigenvalue weighted by Crippen LogP contribution is -2.45. The number of nitrogens with zero attached hydrogens (tertiary/aromatic N) is 1. The Bertz CT molecular complexity index is 460. The summed E-state index contributed by atoms with van der Waals surface area (Å²) in [4.78, 5) is 35.7. The molecule has 0 bridgehead atoms. The van der Waals surface area contributed by atoms with Crippen molar-refractivity contribution in [3.8, 4) is 0 Å². The number of imide groups is 1. The third-order valence-electron chi connectivity index (χ3n) is 2.98. The van der Waals surface area contributed by atoms with Gasteiger partial charge in [0.25, 0.3) is 11.8 Å². The third kappa shape index (κ3) is 5.69. The van der Waals surface area contributed by atoms with E-state index in [4.69, 9.17) is 19.2 Å². The highest BCUT2D eigenvalue weighted by Crippen LogP contribution is 2.25. The second kappa shape index (κ2) is 8.01. The molecule has 1 heterocycles. The Kier molecular flexibility index (Phi) is 6.88. The normalized spacial score (nSPS) is 16.3. The van der Waals surface area contributed by atoms with Gasteiger partial charge in [-0.1, -0.05) is 0 Å². The molecule has 0 aromatic carbocycles. The van der Waals surface area contributed by atoms with E-state index in [-0.39, 0.29) is 24.8 Å². The molecule has 0 atom stereocenters. The van der Waals surface area contributed by atoms with Crippen LogP contribution in [0.25, 0.3) is 0 Å². The van der Waals surface area contributed by atoms with E-state index >= 15 is 0 Å². The van der Waals surface area contributed by atoms with Gasteiger partial charge in [-0.15, -0.1) is 0 Å². The highest BCUT2D eigenvalue weighted by molar-refractivity contribution is 6.15. The van der Waals surface area contributed by atoms with E-state index in [2.05, 4.69) is 0 Å². The summed E-state index contributed by atoms with van der Waals surface area (Å²) in [5.74, 6) is -2.12. The second-order valence-corrected chi connectivity index (χ2v) is 6.20. The number of carbonyl (C=O) groups excluding carboxylic acids is 2. The zero-order valence-corrected chi connectivity index (χ0v) is 14.8. The van der Waals surface area contributed by atoms with Gasteiger partial charge in [0.1, 0.15) is 0 Å². The van der Waals surface area contributed by atoms with E-state index in [0.29, 0.717) is 18.8 Å². The van der Waals surface area contributed by atoms with E-state index < -0.39 is 11.6 Å². The van der Waals surface area contributed by atoms with Gasteiger partial charge in [0.05, 0.1) is 12.0 Å². The van der Waals surface area contributed by atoms with E-state index in [1.54, 1.807) is 20.8 Å². The van der Waals surface area contributed by atoms with Gasteiger partial charge in [0.15, 0.2) is 0 Å². The molecule has 0 aromatic heterocycles. The van der Waals surface area contributed by atoms with Crippen LogP contribution in [-0.2, 0) is 28.8 Å². The van der Waals surface area contributed by atoms with Gasteiger partial charge in [-0.05, 0) is 41.5 Å². The van der Waals surface area contributed by atoms with E-state index in [1.807, 2.05) is 20.8 Å². The number of hydrogen-bond donors (Lipinski definition) is 0. The van der Waals surface area contributed by atoms with Gasteiger partial charge in [-0.25, -0.2) is 4.89 Å². The fourth-order valence-corrected chi connectivity index (χ4v) is 2.00. The highest BCUT2D eigenvalue weighted by Gasteiger charge is 2.39. The van der Waals surface area contributed by atoms with Crippen molar-refractivity contribution < 1.29 is 28.8 Å². The summed E-state index contributed by atoms with van der Waals surface area (Å²) in [6.45, 7) is 11.5. The molecule has 0 spiro atoms. The van der Waals surface area contributed by atoms with Crippen molar-refractivity contribution in [2.45, 2.75) is 59.5 Å². The predicted molar refractivity (Wildman–Crippen MR) is 83.0 cm³/mol. The fraction of sp³-hybridized carbons (Fsp3) is 0.750. The summed E-state index contributed by atoms with van der Waals surface area (Å²) in [5, 5.41) is 0. The zero-order valence-electron chi connectivity index (χ0n) is 14.8. The van der Waals surface area contributed by atoms with Crippen LogP contribution in [0.2, 0.25) is 0 Å². The minimum atomic E-state index is -1.46. The molecule has 0 unspecified atom stereocenters. The van der Waals surface area contributed by atoms with Crippen molar-refractivity contribution >= 4 is 11.8 Å². The van der Waals surface area contributed by atoms with Crippen LogP contribution in [0, 0.1) is 0 Å². The summed E-state index contributed by atoms with van der Waals surface area (Å²) in [5.41, 5.74) is -0.142. The summed E-state index contributed by atoms with van der Waals surface area (Å²) in [7, 11) is 0. The Morgan fingerprint density at radius 3 is 2.00 bits per heavy atom. The summed E-state index contributed by atoms with van der Waals surface area (Å²) in [6.07, 6.45) is 1.46. The maximum atomic E-state index is 11.9. The minimum Gasteiger partial charge on any atom is -0.326 e. The topological polar surface area (TPSA) is 74.3 Å². The molecule has 0 aromatic rings. The van der Waals surface area contributed by atoms with Crippen LogP contribution < -0.4 is 0 Å². The molecule has 0 saturated carbocycles. The van der Waals surface area contributed by atoms with Crippen molar-refractivity contribution in [3.63, 3.8) is 0 Å². The average molecular weight is 329 g/mol. The molecule has 0 N–H and O–H groups in total. The SMILES string of the molecule is CCOC(CCN1C(=O)C=C(C)C1=O)(OCC)OOC(C)(C)C. The Balaban J connectivity index is 2.79. The smallest absolute Gasteiger partial charge is 0.313 e. The molecular formula is C16H27NO6. The first kappa shape index (κ1) is 19.8. The molecule has 132 valence electrons. The molecule has 2 amide bonds. The number of hydrogen-bond acceptors (Lipinski definition) is 6. The quantitative estimate of drug-likeness (QED) is 0.279. The van der Waals surface area contributed by atoms with Gasteiger partial charge in [0, 0.05) is 31.4 Å². The third-order valence-corrected chi connectivity index (χ3v) is 2.98. The molecule has 1 aliphatic heterocycles. The molecule has 0 radical (unpaired) electrons. The first-order valence-electron chi connectivity index (χ1n) is 7.83. The Morgan fingerprint density at radius 1 is 1.04 bits per heavy atom. The van der Waals surface area contributed by atoms with E-state index in [0.717, 1.165) is 4.90 Å². The van der Waals surface area contributed by atoms with Gasteiger partial charge < -0.3 is 9.47 Å². The molecule has 1 rings (SSSR count). The van der Waals surface area contributed by atoms with Gasteiger partial charge in [-0.3, -0.25) is 14.5 Å². The lowest BCUT2D eigenvalue weighted by atomic mass is 10.2. The maximum absolute atomic E-state index is 11.9. The first-order valence-corrected chi connectivity index (χ1v) is 7.83. The molecule has 1 aliphatic rings. The Hall–Kier alpha value is -1.28. The van der Waals surface area contributed by atoms with Crippen LogP contribution in [0.15, 0.2) is 11.6 Å². The zero-order chi connectivity index (χ0) is 17.7. The summed E-state index contributed by atoms with van der Waals surface area (Å²) >= 11 is 0. The van der Waals surface area contributed by atoms with E-state index in [1.165, 1.54) is 6.08 Å². The monoisotopic (exact) mass is 329 g/mol. The molecular weight excluding hydrogens is 302 g/mol. The fourth-order valence-electron chi connectivity index (χ4n) is 2.00. The molecule has 0 saturated heterocycles. The number of amides is 2. The molecule has 23 heavy (non-hydrogen) atoms. The maximum Gasteiger partial charge on any atom is 0.313 e. The van der Waals surface area contributed by atoms with Crippen molar-refractivity contribution in [2.24, 2.45) is 0 Å². The molecule has 7 nitrogen and oxygen atoms in total. The average Bonchev–Trinajstić information content (AvgIpc) is 2.68. The van der Waals surface area contributed by atoms with Crippen LogP contribution >= 0.6 is 0 Å². The number of rotatable bonds is 9. The number of ether oxygens (including phenoxy) is 2.